The monoisotopic (exact) mass is 363 g/mol. The molecule has 25 heavy (non-hydrogen) atoms. The average Bonchev–Trinajstić information content (AvgIpc) is 2.55. The van der Waals surface area contributed by atoms with E-state index in [0.717, 1.165) is 5.56 Å². The fraction of sp³-hybridized carbons (Fsp3) is 0.278. The molecule has 7 heteroatoms. The van der Waals surface area contributed by atoms with E-state index in [2.05, 4.69) is 4.72 Å². The normalized spacial score (nSPS) is 12.6. The Morgan fingerprint density at radius 2 is 1.72 bits per heavy atom. The third-order valence-electron chi connectivity index (χ3n) is 3.60. The zero-order valence-electron chi connectivity index (χ0n) is 14.1. The number of benzene rings is 2. The van der Waals surface area contributed by atoms with E-state index >= 15 is 0 Å². The van der Waals surface area contributed by atoms with E-state index in [0.29, 0.717) is 17.9 Å². The maximum Gasteiger partial charge on any atom is 0.305 e. The van der Waals surface area contributed by atoms with Crippen LogP contribution in [0.4, 0.5) is 0 Å². The summed E-state index contributed by atoms with van der Waals surface area (Å²) in [4.78, 5) is 11.3. The van der Waals surface area contributed by atoms with Crippen molar-refractivity contribution in [2.75, 3.05) is 6.61 Å². The molecule has 0 amide bonds. The van der Waals surface area contributed by atoms with Gasteiger partial charge in [0.2, 0.25) is 10.0 Å². The van der Waals surface area contributed by atoms with Crippen molar-refractivity contribution in [1.82, 2.24) is 4.72 Å². The third-order valence-corrected chi connectivity index (χ3v) is 5.09. The Morgan fingerprint density at radius 1 is 1.12 bits per heavy atom. The summed E-state index contributed by atoms with van der Waals surface area (Å²) in [5, 5.41) is 9.13. The molecule has 2 aromatic rings. The lowest BCUT2D eigenvalue weighted by Gasteiger charge is -2.18. The zero-order chi connectivity index (χ0) is 18.4. The summed E-state index contributed by atoms with van der Waals surface area (Å²) in [6, 6.07) is 12.2. The molecule has 2 aromatic carbocycles. The summed E-state index contributed by atoms with van der Waals surface area (Å²) < 4.78 is 32.9. The van der Waals surface area contributed by atoms with Gasteiger partial charge in [-0.3, -0.25) is 4.79 Å². The van der Waals surface area contributed by atoms with Crippen molar-refractivity contribution in [2.24, 2.45) is 0 Å². The van der Waals surface area contributed by atoms with E-state index in [1.807, 2.05) is 13.8 Å². The predicted octanol–water partition coefficient (Wildman–Crippen LogP) is 2.89. The molecular formula is C18H21NO5S. The molecule has 2 N–H and O–H groups in total. The van der Waals surface area contributed by atoms with Crippen LogP contribution >= 0.6 is 0 Å². The molecule has 0 saturated heterocycles. The largest absolute Gasteiger partial charge is 0.494 e. The molecule has 0 saturated carbocycles. The molecule has 0 fully saturated rings. The Kier molecular flexibility index (Phi) is 6.17. The van der Waals surface area contributed by atoms with E-state index in [1.54, 1.807) is 36.4 Å². The van der Waals surface area contributed by atoms with Crippen molar-refractivity contribution < 1.29 is 23.1 Å². The van der Waals surface area contributed by atoms with Crippen LogP contribution in [-0.2, 0) is 14.8 Å². The van der Waals surface area contributed by atoms with Crippen LogP contribution in [0.3, 0.4) is 0 Å². The van der Waals surface area contributed by atoms with Crippen molar-refractivity contribution in [2.45, 2.75) is 31.2 Å². The van der Waals surface area contributed by atoms with Gasteiger partial charge in [0, 0.05) is 0 Å². The fourth-order valence-electron chi connectivity index (χ4n) is 2.34. The molecule has 0 aliphatic carbocycles. The Morgan fingerprint density at radius 3 is 2.24 bits per heavy atom. The first kappa shape index (κ1) is 19.0. The highest BCUT2D eigenvalue weighted by atomic mass is 32.2. The smallest absolute Gasteiger partial charge is 0.305 e. The number of carboxylic acids is 1. The lowest BCUT2D eigenvalue weighted by molar-refractivity contribution is -0.137. The fourth-order valence-corrected chi connectivity index (χ4v) is 3.56. The number of ether oxygens (including phenoxy) is 1. The minimum Gasteiger partial charge on any atom is -0.494 e. The van der Waals surface area contributed by atoms with Crippen LogP contribution in [0.2, 0.25) is 0 Å². The summed E-state index contributed by atoms with van der Waals surface area (Å²) >= 11 is 0. The number of hydrogen-bond acceptors (Lipinski definition) is 4. The molecule has 0 aromatic heterocycles. The summed E-state index contributed by atoms with van der Waals surface area (Å²) in [7, 11) is -3.83. The van der Waals surface area contributed by atoms with Crippen LogP contribution in [0.5, 0.6) is 5.75 Å². The van der Waals surface area contributed by atoms with Gasteiger partial charge < -0.3 is 9.84 Å². The zero-order valence-corrected chi connectivity index (χ0v) is 14.9. The van der Waals surface area contributed by atoms with Gasteiger partial charge in [0.25, 0.3) is 0 Å². The van der Waals surface area contributed by atoms with Gasteiger partial charge in [-0.05, 0) is 43.7 Å². The van der Waals surface area contributed by atoms with Crippen molar-refractivity contribution in [1.29, 1.82) is 0 Å². The second-order valence-corrected chi connectivity index (χ2v) is 7.30. The van der Waals surface area contributed by atoms with Crippen molar-refractivity contribution in [3.05, 3.63) is 59.7 Å². The highest BCUT2D eigenvalue weighted by Crippen LogP contribution is 2.23. The van der Waals surface area contributed by atoms with Crippen molar-refractivity contribution in [3.63, 3.8) is 0 Å². The lowest BCUT2D eigenvalue weighted by Crippen LogP contribution is -2.30. The van der Waals surface area contributed by atoms with Gasteiger partial charge in [0.05, 0.1) is 24.0 Å². The Bertz CT molecular complexity index is 814. The summed E-state index contributed by atoms with van der Waals surface area (Å²) in [5.41, 5.74) is 1.49. The summed E-state index contributed by atoms with van der Waals surface area (Å²) in [6.45, 7) is 4.23. The number of aryl methyl sites for hydroxylation is 1. The SMILES string of the molecule is CCOc1ccc([C@H](CC(=O)O)NS(=O)(=O)c2ccc(C)cc2)cc1. The molecule has 0 unspecified atom stereocenters. The van der Waals surface area contributed by atoms with Gasteiger partial charge in [-0.1, -0.05) is 29.8 Å². The maximum absolute atomic E-state index is 12.5. The van der Waals surface area contributed by atoms with Crippen LogP contribution < -0.4 is 9.46 Å². The first-order valence-electron chi connectivity index (χ1n) is 7.85. The average molecular weight is 363 g/mol. The Hall–Kier alpha value is -2.38. The molecule has 1 atom stereocenters. The Labute approximate surface area is 147 Å². The highest BCUT2D eigenvalue weighted by molar-refractivity contribution is 7.89. The van der Waals surface area contributed by atoms with Gasteiger partial charge in [0.1, 0.15) is 5.75 Å². The molecule has 0 aliphatic rings. The summed E-state index contributed by atoms with van der Waals surface area (Å²) in [5.74, 6) is -0.452. The molecule has 6 nitrogen and oxygen atoms in total. The van der Waals surface area contributed by atoms with Gasteiger partial charge >= 0.3 is 5.97 Å². The minimum atomic E-state index is -3.83. The predicted molar refractivity (Wildman–Crippen MR) is 94.1 cm³/mol. The number of aliphatic carboxylic acids is 1. The molecule has 0 spiro atoms. The first-order chi connectivity index (χ1) is 11.8. The van der Waals surface area contributed by atoms with Crippen LogP contribution in [0.25, 0.3) is 0 Å². The molecule has 2 rings (SSSR count). The number of nitrogens with one attached hydrogen (secondary N) is 1. The molecule has 0 aliphatic heterocycles. The van der Waals surface area contributed by atoms with Gasteiger partial charge in [-0.25, -0.2) is 13.1 Å². The van der Waals surface area contributed by atoms with Gasteiger partial charge in [-0.2, -0.15) is 0 Å². The second kappa shape index (κ2) is 8.13. The number of sulfonamides is 1. The standard InChI is InChI=1S/C18H21NO5S/c1-3-24-15-8-6-14(7-9-15)17(12-18(20)21)19-25(22,23)16-10-4-13(2)5-11-16/h4-11,17,19H,3,12H2,1-2H3,(H,20,21)/t17-/m0/s1. The number of rotatable bonds is 8. The van der Waals surface area contributed by atoms with E-state index < -0.39 is 22.0 Å². The van der Waals surface area contributed by atoms with Crippen molar-refractivity contribution >= 4 is 16.0 Å². The van der Waals surface area contributed by atoms with Crippen LogP contribution in [-0.4, -0.2) is 26.1 Å². The topological polar surface area (TPSA) is 92.7 Å². The van der Waals surface area contributed by atoms with Crippen LogP contribution in [0, 0.1) is 6.92 Å². The van der Waals surface area contributed by atoms with Crippen LogP contribution in [0.1, 0.15) is 30.5 Å². The van der Waals surface area contributed by atoms with E-state index in [1.165, 1.54) is 12.1 Å². The molecular weight excluding hydrogens is 342 g/mol. The summed E-state index contributed by atoms with van der Waals surface area (Å²) in [6.07, 6.45) is -0.362. The lowest BCUT2D eigenvalue weighted by atomic mass is 10.0. The minimum absolute atomic E-state index is 0.0967. The van der Waals surface area contributed by atoms with E-state index in [4.69, 9.17) is 9.84 Å². The third kappa shape index (κ3) is 5.30. The van der Waals surface area contributed by atoms with E-state index in [9.17, 15) is 13.2 Å². The van der Waals surface area contributed by atoms with Gasteiger partial charge in [0.15, 0.2) is 0 Å². The molecule has 134 valence electrons. The molecule has 0 bridgehead atoms. The number of hydrogen-bond donors (Lipinski definition) is 2. The Balaban J connectivity index is 2.27. The maximum atomic E-state index is 12.5. The first-order valence-corrected chi connectivity index (χ1v) is 9.33. The molecule has 0 radical (unpaired) electrons. The molecule has 0 heterocycles. The van der Waals surface area contributed by atoms with Crippen molar-refractivity contribution in [3.8, 4) is 5.75 Å². The number of carboxylic acid groups (broad SMARTS) is 1. The quantitative estimate of drug-likeness (QED) is 0.752. The van der Waals surface area contributed by atoms with Gasteiger partial charge in [-0.15, -0.1) is 0 Å². The second-order valence-electron chi connectivity index (χ2n) is 5.59. The van der Waals surface area contributed by atoms with E-state index in [-0.39, 0.29) is 11.3 Å². The number of carbonyl (C=O) groups is 1. The van der Waals surface area contributed by atoms with Crippen LogP contribution in [0.15, 0.2) is 53.4 Å². The highest BCUT2D eigenvalue weighted by Gasteiger charge is 2.23.